The summed E-state index contributed by atoms with van der Waals surface area (Å²) >= 11 is 0. The molecule has 1 aliphatic heterocycles. The van der Waals surface area contributed by atoms with Crippen molar-refractivity contribution in [2.45, 2.75) is 32.0 Å². The molecule has 14 heavy (non-hydrogen) atoms. The van der Waals surface area contributed by atoms with Crippen LogP contribution in [-0.4, -0.2) is 58.7 Å². The molecular formula is C10H21NO3. The number of rotatable bonds is 4. The van der Waals surface area contributed by atoms with Crippen molar-refractivity contribution in [3.8, 4) is 0 Å². The molecule has 3 N–H and O–H groups in total. The molecule has 0 aromatic heterocycles. The molecule has 0 radical (unpaired) electrons. The monoisotopic (exact) mass is 203 g/mol. The Morgan fingerprint density at radius 1 is 1.29 bits per heavy atom. The zero-order valence-electron chi connectivity index (χ0n) is 8.76. The smallest absolute Gasteiger partial charge is 0.0897 e. The Kier molecular flexibility index (Phi) is 4.81. The molecule has 1 saturated heterocycles. The average Bonchev–Trinajstić information content (AvgIpc) is 2.18. The van der Waals surface area contributed by atoms with Crippen LogP contribution in [0.15, 0.2) is 0 Å². The van der Waals surface area contributed by atoms with E-state index in [1.54, 1.807) is 0 Å². The third-order valence-corrected chi connectivity index (χ3v) is 2.99. The van der Waals surface area contributed by atoms with E-state index in [-0.39, 0.29) is 12.7 Å². The first-order chi connectivity index (χ1) is 6.63. The van der Waals surface area contributed by atoms with E-state index >= 15 is 0 Å². The second-order valence-corrected chi connectivity index (χ2v) is 4.22. The van der Waals surface area contributed by atoms with Crippen LogP contribution in [0.4, 0.5) is 0 Å². The summed E-state index contributed by atoms with van der Waals surface area (Å²) in [6.45, 7) is 4.03. The van der Waals surface area contributed by atoms with Gasteiger partial charge in [0.25, 0.3) is 0 Å². The van der Waals surface area contributed by atoms with Crippen LogP contribution in [0.5, 0.6) is 0 Å². The van der Waals surface area contributed by atoms with Gasteiger partial charge in [0.05, 0.1) is 18.8 Å². The molecular weight excluding hydrogens is 182 g/mol. The van der Waals surface area contributed by atoms with Gasteiger partial charge in [-0.15, -0.1) is 0 Å². The predicted molar refractivity (Wildman–Crippen MR) is 53.9 cm³/mol. The fraction of sp³-hybridized carbons (Fsp3) is 1.00. The minimum absolute atomic E-state index is 0.170. The summed E-state index contributed by atoms with van der Waals surface area (Å²) in [6.07, 6.45) is 1.11. The highest BCUT2D eigenvalue weighted by Crippen LogP contribution is 2.20. The topological polar surface area (TPSA) is 63.9 Å². The summed E-state index contributed by atoms with van der Waals surface area (Å²) < 4.78 is 0. The second-order valence-electron chi connectivity index (χ2n) is 4.22. The zero-order valence-corrected chi connectivity index (χ0v) is 8.76. The molecule has 2 atom stereocenters. The average molecular weight is 203 g/mol. The fourth-order valence-corrected chi connectivity index (χ4v) is 1.97. The molecule has 1 rings (SSSR count). The van der Waals surface area contributed by atoms with Gasteiger partial charge in [0, 0.05) is 6.54 Å². The molecule has 4 nitrogen and oxygen atoms in total. The molecule has 1 fully saturated rings. The molecule has 4 heteroatoms. The van der Waals surface area contributed by atoms with Crippen LogP contribution in [-0.2, 0) is 0 Å². The number of β-amino-alcohol motifs (C(OH)–C–C–N with tert-alkyl or cyclic N) is 1. The lowest BCUT2D eigenvalue weighted by molar-refractivity contribution is 0.0291. The lowest BCUT2D eigenvalue weighted by Gasteiger charge is -2.33. The number of piperidine rings is 1. The molecule has 1 heterocycles. The maximum absolute atomic E-state index is 9.38. The summed E-state index contributed by atoms with van der Waals surface area (Å²) in [5, 5.41) is 27.3. The Morgan fingerprint density at radius 3 is 2.29 bits per heavy atom. The van der Waals surface area contributed by atoms with Gasteiger partial charge in [0.2, 0.25) is 0 Å². The number of aliphatic hydroxyl groups is 3. The summed E-state index contributed by atoms with van der Waals surface area (Å²) in [7, 11) is 0. The van der Waals surface area contributed by atoms with Crippen LogP contribution in [0.1, 0.15) is 19.8 Å². The number of hydrogen-bond donors (Lipinski definition) is 3. The minimum atomic E-state index is -0.627. The van der Waals surface area contributed by atoms with Gasteiger partial charge in [-0.05, 0) is 38.8 Å². The van der Waals surface area contributed by atoms with Crippen molar-refractivity contribution >= 4 is 0 Å². The lowest BCUT2D eigenvalue weighted by atomic mass is 9.92. The van der Waals surface area contributed by atoms with Gasteiger partial charge in [-0.3, -0.25) is 0 Å². The largest absolute Gasteiger partial charge is 0.394 e. The van der Waals surface area contributed by atoms with E-state index in [1.807, 2.05) is 6.92 Å². The fourth-order valence-electron chi connectivity index (χ4n) is 1.97. The van der Waals surface area contributed by atoms with Gasteiger partial charge >= 0.3 is 0 Å². The van der Waals surface area contributed by atoms with E-state index in [0.717, 1.165) is 25.9 Å². The van der Waals surface area contributed by atoms with Gasteiger partial charge in [-0.2, -0.15) is 0 Å². The van der Waals surface area contributed by atoms with Gasteiger partial charge in [0.15, 0.2) is 0 Å². The number of likely N-dealkylation sites (tertiary alicyclic amines) is 1. The highest BCUT2D eigenvalue weighted by atomic mass is 16.3. The molecule has 1 aliphatic rings. The normalized spacial score (nSPS) is 24.9. The van der Waals surface area contributed by atoms with E-state index in [0.29, 0.717) is 12.5 Å². The van der Waals surface area contributed by atoms with Gasteiger partial charge in [-0.25, -0.2) is 0 Å². The van der Waals surface area contributed by atoms with Crippen LogP contribution < -0.4 is 0 Å². The quantitative estimate of drug-likeness (QED) is 0.573. The summed E-state index contributed by atoms with van der Waals surface area (Å²) in [5.41, 5.74) is 0. The molecule has 0 aromatic rings. The van der Waals surface area contributed by atoms with Crippen molar-refractivity contribution in [1.82, 2.24) is 4.90 Å². The highest BCUT2D eigenvalue weighted by molar-refractivity contribution is 4.76. The van der Waals surface area contributed by atoms with Crippen molar-refractivity contribution in [2.24, 2.45) is 5.92 Å². The highest BCUT2D eigenvalue weighted by Gasteiger charge is 2.23. The van der Waals surface area contributed by atoms with E-state index < -0.39 is 6.10 Å². The van der Waals surface area contributed by atoms with Crippen LogP contribution in [0.25, 0.3) is 0 Å². The van der Waals surface area contributed by atoms with E-state index in [1.165, 1.54) is 0 Å². The Balaban J connectivity index is 2.22. The first-order valence-corrected chi connectivity index (χ1v) is 5.32. The summed E-state index contributed by atoms with van der Waals surface area (Å²) in [4.78, 5) is 2.14. The standard InChI is InChI=1S/C10H21NO3/c1-8(13)9-2-4-11(5-3-9)6-10(14)7-12/h8-10,12-14H,2-7H2,1H3. The molecule has 0 saturated carbocycles. The Morgan fingerprint density at radius 2 is 1.86 bits per heavy atom. The van der Waals surface area contributed by atoms with Crippen LogP contribution in [0.2, 0.25) is 0 Å². The number of nitrogens with zero attached hydrogens (tertiary/aromatic N) is 1. The van der Waals surface area contributed by atoms with Crippen molar-refractivity contribution in [3.05, 3.63) is 0 Å². The third-order valence-electron chi connectivity index (χ3n) is 2.99. The maximum Gasteiger partial charge on any atom is 0.0897 e. The third kappa shape index (κ3) is 3.53. The van der Waals surface area contributed by atoms with Crippen molar-refractivity contribution in [2.75, 3.05) is 26.2 Å². The minimum Gasteiger partial charge on any atom is -0.394 e. The van der Waals surface area contributed by atoms with Crippen LogP contribution in [0.3, 0.4) is 0 Å². The molecule has 0 bridgehead atoms. The van der Waals surface area contributed by atoms with Crippen molar-refractivity contribution in [3.63, 3.8) is 0 Å². The number of aliphatic hydroxyl groups excluding tert-OH is 3. The predicted octanol–water partition coefficient (Wildman–Crippen LogP) is -0.568. The first-order valence-electron chi connectivity index (χ1n) is 5.32. The van der Waals surface area contributed by atoms with Crippen molar-refractivity contribution in [1.29, 1.82) is 0 Å². The van der Waals surface area contributed by atoms with Crippen molar-refractivity contribution < 1.29 is 15.3 Å². The Labute approximate surface area is 85.2 Å². The van der Waals surface area contributed by atoms with Gasteiger partial charge < -0.3 is 20.2 Å². The second kappa shape index (κ2) is 5.66. The first kappa shape index (κ1) is 11.9. The van der Waals surface area contributed by atoms with E-state index in [9.17, 15) is 10.2 Å². The molecule has 0 amide bonds. The van der Waals surface area contributed by atoms with Gasteiger partial charge in [-0.1, -0.05) is 0 Å². The number of hydrogen-bond acceptors (Lipinski definition) is 4. The molecule has 2 unspecified atom stereocenters. The van der Waals surface area contributed by atoms with Crippen LogP contribution >= 0.6 is 0 Å². The maximum atomic E-state index is 9.38. The molecule has 0 aromatic carbocycles. The lowest BCUT2D eigenvalue weighted by Crippen LogP contribution is -2.41. The van der Waals surface area contributed by atoms with E-state index in [4.69, 9.17) is 5.11 Å². The Bertz CT molecular complexity index is 155. The summed E-state index contributed by atoms with van der Waals surface area (Å²) in [6, 6.07) is 0. The van der Waals surface area contributed by atoms with Gasteiger partial charge in [0.1, 0.15) is 0 Å². The molecule has 0 aliphatic carbocycles. The molecule has 0 spiro atoms. The summed E-state index contributed by atoms with van der Waals surface area (Å²) in [5.74, 6) is 0.400. The Hall–Kier alpha value is -0.160. The molecule has 84 valence electrons. The van der Waals surface area contributed by atoms with Crippen LogP contribution in [0, 0.1) is 5.92 Å². The van der Waals surface area contributed by atoms with E-state index in [2.05, 4.69) is 4.90 Å². The zero-order chi connectivity index (χ0) is 10.6. The SMILES string of the molecule is CC(O)C1CCN(CC(O)CO)CC1.